The Morgan fingerprint density at radius 3 is 2.41 bits per heavy atom. The van der Waals surface area contributed by atoms with Gasteiger partial charge in [0, 0.05) is 33.8 Å². The number of rotatable bonds is 1. The summed E-state index contributed by atoms with van der Waals surface area (Å²) in [6.07, 6.45) is 7.40. The van der Waals surface area contributed by atoms with Gasteiger partial charge >= 0.3 is 0 Å². The van der Waals surface area contributed by atoms with Gasteiger partial charge in [-0.05, 0) is 36.4 Å². The molecule has 0 atom stereocenters. The van der Waals surface area contributed by atoms with Gasteiger partial charge in [0.2, 0.25) is 0 Å². The lowest BCUT2D eigenvalue weighted by Crippen LogP contribution is -1.93. The highest BCUT2D eigenvalue weighted by atomic mass is 79.9. The molecule has 0 aliphatic carbocycles. The Hall–Kier alpha value is -2.20. The molecule has 0 saturated heterocycles. The zero-order valence-corrected chi connectivity index (χ0v) is 14.1. The van der Waals surface area contributed by atoms with Crippen molar-refractivity contribution in [1.82, 2.24) is 14.5 Å². The van der Waals surface area contributed by atoms with E-state index in [1.165, 1.54) is 5.39 Å². The Bertz CT molecular complexity index is 914. The van der Waals surface area contributed by atoms with E-state index in [1.807, 2.05) is 44.6 Å². The van der Waals surface area contributed by atoms with Crippen LogP contribution in [0.4, 0.5) is 0 Å². The van der Waals surface area contributed by atoms with Crippen molar-refractivity contribution in [1.29, 1.82) is 0 Å². The van der Waals surface area contributed by atoms with E-state index >= 15 is 0 Å². The van der Waals surface area contributed by atoms with Crippen molar-refractivity contribution in [3.63, 3.8) is 0 Å². The summed E-state index contributed by atoms with van der Waals surface area (Å²) in [6, 6.07) is 12.4. The molecule has 3 heterocycles. The Morgan fingerprint density at radius 1 is 0.864 bits per heavy atom. The molecule has 0 fully saturated rings. The van der Waals surface area contributed by atoms with Crippen LogP contribution in [0.25, 0.3) is 27.5 Å². The smallest absolute Gasteiger partial charge is 0.0645 e. The second kappa shape index (κ2) is 6.28. The van der Waals surface area contributed by atoms with Crippen LogP contribution in [-0.2, 0) is 0 Å². The van der Waals surface area contributed by atoms with E-state index in [9.17, 15) is 0 Å². The van der Waals surface area contributed by atoms with Gasteiger partial charge < -0.3 is 4.57 Å². The Balaban J connectivity index is 0.000000693. The molecule has 0 amide bonds. The Labute approximate surface area is 137 Å². The molecule has 0 spiro atoms. The van der Waals surface area contributed by atoms with Crippen molar-refractivity contribution >= 4 is 37.7 Å². The molecule has 1 aromatic carbocycles. The largest absolute Gasteiger partial charge is 0.308 e. The number of hydrogen-bond acceptors (Lipinski definition) is 2. The highest BCUT2D eigenvalue weighted by molar-refractivity contribution is 9.10. The van der Waals surface area contributed by atoms with Crippen molar-refractivity contribution < 1.29 is 0 Å². The number of aromatic nitrogens is 3. The standard InChI is InChI=1S/C16H10BrN3.C2H6/c17-11-3-4-15-13(8-11)14-10-19-7-5-16(14)20(15)12-2-1-6-18-9-12;1-2/h1-10H;1-2H3. The van der Waals surface area contributed by atoms with E-state index in [-0.39, 0.29) is 0 Å². The van der Waals surface area contributed by atoms with Crippen LogP contribution in [0.15, 0.2) is 65.7 Å². The Kier molecular flexibility index (Phi) is 4.20. The van der Waals surface area contributed by atoms with E-state index in [0.717, 1.165) is 26.6 Å². The molecular formula is C18H16BrN3. The first-order chi connectivity index (χ1) is 10.8. The minimum Gasteiger partial charge on any atom is -0.308 e. The summed E-state index contributed by atoms with van der Waals surface area (Å²) in [5.74, 6) is 0. The third-order valence-electron chi connectivity index (χ3n) is 3.43. The molecule has 0 bridgehead atoms. The molecule has 4 aromatic rings. The van der Waals surface area contributed by atoms with Crippen LogP contribution in [0.2, 0.25) is 0 Å². The number of benzene rings is 1. The van der Waals surface area contributed by atoms with Crippen molar-refractivity contribution in [3.05, 3.63) is 65.7 Å². The van der Waals surface area contributed by atoms with Crippen LogP contribution in [0.1, 0.15) is 13.8 Å². The van der Waals surface area contributed by atoms with Gasteiger partial charge in [0.05, 0.1) is 22.9 Å². The average molecular weight is 354 g/mol. The van der Waals surface area contributed by atoms with Gasteiger partial charge in [-0.3, -0.25) is 9.97 Å². The third kappa shape index (κ3) is 2.40. The molecule has 0 aliphatic heterocycles. The van der Waals surface area contributed by atoms with Gasteiger partial charge in [-0.1, -0.05) is 29.8 Å². The maximum absolute atomic E-state index is 4.26. The lowest BCUT2D eigenvalue weighted by molar-refractivity contribution is 1.14. The summed E-state index contributed by atoms with van der Waals surface area (Å²) < 4.78 is 3.28. The predicted octanol–water partition coefficient (Wildman–Crippen LogP) is 5.36. The molecule has 110 valence electrons. The maximum Gasteiger partial charge on any atom is 0.0645 e. The van der Waals surface area contributed by atoms with Crippen LogP contribution in [0.3, 0.4) is 0 Å². The molecule has 0 aliphatic rings. The first-order valence-corrected chi connectivity index (χ1v) is 8.08. The van der Waals surface area contributed by atoms with Crippen molar-refractivity contribution in [2.45, 2.75) is 13.8 Å². The number of nitrogens with zero attached hydrogens (tertiary/aromatic N) is 3. The maximum atomic E-state index is 4.26. The summed E-state index contributed by atoms with van der Waals surface area (Å²) in [4.78, 5) is 8.48. The van der Waals surface area contributed by atoms with Gasteiger partial charge in [-0.15, -0.1) is 0 Å². The van der Waals surface area contributed by atoms with Crippen LogP contribution in [0.5, 0.6) is 0 Å². The van der Waals surface area contributed by atoms with Crippen molar-refractivity contribution in [2.75, 3.05) is 0 Å². The summed E-state index contributed by atoms with van der Waals surface area (Å²) >= 11 is 3.54. The number of pyridine rings is 2. The van der Waals surface area contributed by atoms with E-state index in [2.05, 4.69) is 54.7 Å². The van der Waals surface area contributed by atoms with Gasteiger partial charge in [0.25, 0.3) is 0 Å². The second-order valence-electron chi connectivity index (χ2n) is 4.60. The molecule has 0 saturated carbocycles. The van der Waals surface area contributed by atoms with Crippen LogP contribution < -0.4 is 0 Å². The summed E-state index contributed by atoms with van der Waals surface area (Å²) in [6.45, 7) is 4.00. The molecule has 22 heavy (non-hydrogen) atoms. The van der Waals surface area contributed by atoms with E-state index in [4.69, 9.17) is 0 Å². The minimum atomic E-state index is 1.06. The van der Waals surface area contributed by atoms with Crippen LogP contribution in [0, 0.1) is 0 Å². The van der Waals surface area contributed by atoms with Crippen molar-refractivity contribution in [2.24, 2.45) is 0 Å². The number of hydrogen-bond donors (Lipinski definition) is 0. The highest BCUT2D eigenvalue weighted by Crippen LogP contribution is 2.32. The zero-order chi connectivity index (χ0) is 15.5. The molecule has 0 N–H and O–H groups in total. The number of halogens is 1. The fourth-order valence-corrected chi connectivity index (χ4v) is 2.96. The third-order valence-corrected chi connectivity index (χ3v) is 3.93. The monoisotopic (exact) mass is 353 g/mol. The van der Waals surface area contributed by atoms with Crippen LogP contribution in [-0.4, -0.2) is 14.5 Å². The summed E-state index contributed by atoms with van der Waals surface area (Å²) in [5.41, 5.74) is 3.35. The highest BCUT2D eigenvalue weighted by Gasteiger charge is 2.12. The lowest BCUT2D eigenvalue weighted by Gasteiger charge is -2.06. The van der Waals surface area contributed by atoms with E-state index < -0.39 is 0 Å². The fourth-order valence-electron chi connectivity index (χ4n) is 2.60. The predicted molar refractivity (Wildman–Crippen MR) is 95.4 cm³/mol. The average Bonchev–Trinajstić information content (AvgIpc) is 2.91. The molecule has 4 heteroatoms. The first kappa shape index (κ1) is 14.7. The number of fused-ring (bicyclic) bond motifs is 3. The zero-order valence-electron chi connectivity index (χ0n) is 12.5. The normalized spacial score (nSPS) is 10.5. The van der Waals surface area contributed by atoms with Crippen molar-refractivity contribution in [3.8, 4) is 5.69 Å². The van der Waals surface area contributed by atoms with Crippen LogP contribution >= 0.6 is 15.9 Å². The fraction of sp³-hybridized carbons (Fsp3) is 0.111. The van der Waals surface area contributed by atoms with E-state index in [0.29, 0.717) is 0 Å². The first-order valence-electron chi connectivity index (χ1n) is 7.29. The quantitative estimate of drug-likeness (QED) is 0.461. The molecule has 3 aromatic heterocycles. The molecule has 0 radical (unpaired) electrons. The lowest BCUT2D eigenvalue weighted by atomic mass is 10.2. The van der Waals surface area contributed by atoms with E-state index in [1.54, 1.807) is 6.20 Å². The molecule has 3 nitrogen and oxygen atoms in total. The minimum absolute atomic E-state index is 1.06. The SMILES string of the molecule is Brc1ccc2c(c1)c1cnccc1n2-c1cccnc1.CC. The Morgan fingerprint density at radius 2 is 1.64 bits per heavy atom. The molecular weight excluding hydrogens is 338 g/mol. The molecule has 0 unspecified atom stereocenters. The van der Waals surface area contributed by atoms with Gasteiger partial charge in [0.1, 0.15) is 0 Å². The van der Waals surface area contributed by atoms with Gasteiger partial charge in [-0.2, -0.15) is 0 Å². The summed E-state index contributed by atoms with van der Waals surface area (Å²) in [5, 5.41) is 2.33. The topological polar surface area (TPSA) is 30.7 Å². The molecule has 4 rings (SSSR count). The summed E-state index contributed by atoms with van der Waals surface area (Å²) in [7, 11) is 0. The second-order valence-corrected chi connectivity index (χ2v) is 5.52. The van der Waals surface area contributed by atoms with Gasteiger partial charge in [-0.25, -0.2) is 0 Å². The van der Waals surface area contributed by atoms with Gasteiger partial charge in [0.15, 0.2) is 0 Å².